The maximum absolute atomic E-state index is 12.4. The Hall–Kier alpha value is -3.94. The quantitative estimate of drug-likeness (QED) is 0.342. The van der Waals surface area contributed by atoms with E-state index < -0.39 is 42.5 Å². The van der Waals surface area contributed by atoms with Crippen LogP contribution in [0.2, 0.25) is 0 Å². The van der Waals surface area contributed by atoms with Crippen molar-refractivity contribution in [3.63, 3.8) is 0 Å². The molecule has 0 fully saturated rings. The fourth-order valence-corrected chi connectivity index (χ4v) is 2.58. The van der Waals surface area contributed by atoms with E-state index in [-0.39, 0.29) is 5.57 Å². The zero-order chi connectivity index (χ0) is 22.8. The summed E-state index contributed by atoms with van der Waals surface area (Å²) in [6.07, 6.45) is -3.17. The monoisotopic (exact) mass is 426 g/mol. The van der Waals surface area contributed by atoms with Gasteiger partial charge in [-0.15, -0.1) is 0 Å². The number of hydrogen-bond acceptors (Lipinski definition) is 8. The van der Waals surface area contributed by atoms with Crippen molar-refractivity contribution in [2.75, 3.05) is 14.2 Å². The molecule has 0 heterocycles. The average molecular weight is 426 g/mol. The molecule has 0 aliphatic heterocycles. The smallest absolute Gasteiger partial charge is 0.351 e. The molecule has 0 aromatic heterocycles. The Kier molecular flexibility index (Phi) is 8.51. The second kappa shape index (κ2) is 11.3. The molecular weight excluding hydrogens is 404 g/mol. The molecule has 0 saturated heterocycles. The van der Waals surface area contributed by atoms with E-state index in [0.717, 1.165) is 7.11 Å². The Morgan fingerprint density at radius 1 is 0.742 bits per heavy atom. The lowest BCUT2D eigenvalue weighted by atomic mass is 10.1. The normalized spacial score (nSPS) is 12.1. The van der Waals surface area contributed by atoms with Crippen molar-refractivity contribution in [2.45, 2.75) is 18.6 Å². The van der Waals surface area contributed by atoms with Crippen LogP contribution in [-0.2, 0) is 38.1 Å². The van der Waals surface area contributed by atoms with Gasteiger partial charge in [0.1, 0.15) is 0 Å². The molecule has 0 spiro atoms. The topological polar surface area (TPSA) is 105 Å². The Morgan fingerprint density at radius 3 is 1.58 bits per heavy atom. The molecule has 0 radical (unpaired) electrons. The van der Waals surface area contributed by atoms with Gasteiger partial charge < -0.3 is 18.9 Å². The van der Waals surface area contributed by atoms with Crippen LogP contribution in [0.5, 0.6) is 0 Å². The van der Waals surface area contributed by atoms with Gasteiger partial charge in [-0.1, -0.05) is 67.2 Å². The molecule has 31 heavy (non-hydrogen) atoms. The first-order valence-corrected chi connectivity index (χ1v) is 9.21. The summed E-state index contributed by atoms with van der Waals surface area (Å²) in [5, 5.41) is 0. The first-order valence-electron chi connectivity index (χ1n) is 9.21. The number of carbonyl (C=O) groups excluding carboxylic acids is 4. The molecule has 2 aromatic carbocycles. The summed E-state index contributed by atoms with van der Waals surface area (Å²) in [6, 6.07) is 16.5. The Morgan fingerprint density at radius 2 is 1.16 bits per heavy atom. The average Bonchev–Trinajstić information content (AvgIpc) is 2.80. The van der Waals surface area contributed by atoms with Gasteiger partial charge in [-0.3, -0.25) is 4.79 Å². The first kappa shape index (κ1) is 23.3. The van der Waals surface area contributed by atoms with Crippen molar-refractivity contribution < 1.29 is 38.1 Å². The number of methoxy groups -OCH3 is 2. The van der Waals surface area contributed by atoms with Crippen LogP contribution in [0.1, 0.15) is 29.8 Å². The number of esters is 4. The lowest BCUT2D eigenvalue weighted by Crippen LogP contribution is -2.24. The predicted octanol–water partition coefficient (Wildman–Crippen LogP) is 2.85. The summed E-state index contributed by atoms with van der Waals surface area (Å²) in [7, 11) is 2.33. The second-order valence-electron chi connectivity index (χ2n) is 6.30. The van der Waals surface area contributed by atoms with E-state index in [0.29, 0.717) is 11.1 Å². The molecule has 2 atom stereocenters. The van der Waals surface area contributed by atoms with Crippen molar-refractivity contribution in [1.29, 1.82) is 0 Å². The lowest BCUT2D eigenvalue weighted by molar-refractivity contribution is -0.167. The molecule has 2 unspecified atom stereocenters. The Balaban J connectivity index is 2.05. The van der Waals surface area contributed by atoms with Gasteiger partial charge in [-0.2, -0.15) is 0 Å². The number of hydrogen-bond donors (Lipinski definition) is 0. The maximum Gasteiger partial charge on any atom is 0.351 e. The zero-order valence-corrected chi connectivity index (χ0v) is 17.1. The maximum atomic E-state index is 12.4. The summed E-state index contributed by atoms with van der Waals surface area (Å²) >= 11 is 0. The molecule has 0 saturated carbocycles. The van der Waals surface area contributed by atoms with Crippen LogP contribution in [0.3, 0.4) is 0 Å². The van der Waals surface area contributed by atoms with E-state index >= 15 is 0 Å². The summed E-state index contributed by atoms with van der Waals surface area (Å²) in [5.41, 5.74) is 0.546. The van der Waals surface area contributed by atoms with Gasteiger partial charge in [0.05, 0.1) is 20.6 Å². The third kappa shape index (κ3) is 6.53. The third-order valence-corrected chi connectivity index (χ3v) is 4.16. The molecule has 0 bridgehead atoms. The highest BCUT2D eigenvalue weighted by atomic mass is 16.6. The molecule has 8 nitrogen and oxygen atoms in total. The number of ether oxygens (including phenoxy) is 4. The highest BCUT2D eigenvalue weighted by molar-refractivity contribution is 5.95. The Bertz CT molecular complexity index is 937. The highest BCUT2D eigenvalue weighted by Gasteiger charge is 2.29. The van der Waals surface area contributed by atoms with Crippen molar-refractivity contribution in [3.05, 3.63) is 83.9 Å². The van der Waals surface area contributed by atoms with Gasteiger partial charge in [-0.25, -0.2) is 14.4 Å². The van der Waals surface area contributed by atoms with E-state index in [2.05, 4.69) is 16.1 Å². The molecule has 2 rings (SSSR count). The minimum Gasteiger partial charge on any atom is -0.466 e. The number of benzene rings is 2. The van der Waals surface area contributed by atoms with Gasteiger partial charge in [0.2, 0.25) is 12.2 Å². The molecule has 8 heteroatoms. The van der Waals surface area contributed by atoms with Crippen molar-refractivity contribution >= 4 is 23.9 Å². The molecular formula is C23H22O8. The van der Waals surface area contributed by atoms with E-state index in [1.54, 1.807) is 60.7 Å². The minimum atomic E-state index is -1.32. The van der Waals surface area contributed by atoms with E-state index in [4.69, 9.17) is 9.47 Å². The van der Waals surface area contributed by atoms with Crippen LogP contribution < -0.4 is 0 Å². The van der Waals surface area contributed by atoms with Crippen LogP contribution in [0, 0.1) is 0 Å². The van der Waals surface area contributed by atoms with Crippen LogP contribution >= 0.6 is 0 Å². The summed E-state index contributed by atoms with van der Waals surface area (Å²) in [4.78, 5) is 48.8. The van der Waals surface area contributed by atoms with Gasteiger partial charge >= 0.3 is 23.9 Å². The number of rotatable bonds is 9. The Labute approximate surface area is 179 Å². The predicted molar refractivity (Wildman–Crippen MR) is 108 cm³/mol. The molecule has 0 N–H and O–H groups in total. The molecule has 162 valence electrons. The summed E-state index contributed by atoms with van der Waals surface area (Å²) in [6.45, 7) is 3.53. The summed E-state index contributed by atoms with van der Waals surface area (Å²) in [5.74, 6) is -3.44. The third-order valence-electron chi connectivity index (χ3n) is 4.16. The van der Waals surface area contributed by atoms with Crippen molar-refractivity contribution in [2.24, 2.45) is 0 Å². The van der Waals surface area contributed by atoms with Gasteiger partial charge in [0, 0.05) is 16.7 Å². The fourth-order valence-electron chi connectivity index (χ4n) is 2.58. The zero-order valence-electron chi connectivity index (χ0n) is 17.1. The number of carbonyl (C=O) groups is 4. The van der Waals surface area contributed by atoms with Crippen molar-refractivity contribution in [3.8, 4) is 0 Å². The van der Waals surface area contributed by atoms with Crippen LogP contribution in [0.25, 0.3) is 0 Å². The summed E-state index contributed by atoms with van der Waals surface area (Å²) < 4.78 is 19.8. The molecule has 0 amide bonds. The van der Waals surface area contributed by atoms with E-state index in [1.165, 1.54) is 7.11 Å². The molecule has 0 aliphatic rings. The SMILES string of the molecule is C=C(CC(=O)OC(C(=O)OC)c1ccccc1)C(=O)OC(C(=O)OC)c1ccccc1. The van der Waals surface area contributed by atoms with Crippen LogP contribution in [0.4, 0.5) is 0 Å². The minimum absolute atomic E-state index is 0.258. The van der Waals surface area contributed by atoms with Gasteiger partial charge in [0.25, 0.3) is 0 Å². The van der Waals surface area contributed by atoms with Crippen LogP contribution in [-0.4, -0.2) is 38.1 Å². The standard InChI is InChI=1S/C23H22O8/c1-15(21(25)31-20(23(27)29-3)17-12-8-5-9-13-17)14-18(24)30-19(22(26)28-2)16-10-6-4-7-11-16/h4-13,19-20H,1,14H2,2-3H3. The van der Waals surface area contributed by atoms with Gasteiger partial charge in [0.15, 0.2) is 0 Å². The molecule has 0 aliphatic carbocycles. The largest absolute Gasteiger partial charge is 0.466 e. The lowest BCUT2D eigenvalue weighted by Gasteiger charge is -2.18. The first-order chi connectivity index (χ1) is 14.9. The molecule has 2 aromatic rings. The van der Waals surface area contributed by atoms with E-state index in [1.807, 2.05) is 0 Å². The highest BCUT2D eigenvalue weighted by Crippen LogP contribution is 2.23. The fraction of sp³-hybridized carbons (Fsp3) is 0.217. The van der Waals surface area contributed by atoms with Crippen LogP contribution in [0.15, 0.2) is 72.8 Å². The van der Waals surface area contributed by atoms with Gasteiger partial charge in [-0.05, 0) is 0 Å². The second-order valence-corrected chi connectivity index (χ2v) is 6.30. The van der Waals surface area contributed by atoms with E-state index in [9.17, 15) is 19.2 Å². The van der Waals surface area contributed by atoms with Crippen molar-refractivity contribution in [1.82, 2.24) is 0 Å².